The zero-order chi connectivity index (χ0) is 12.0. The summed E-state index contributed by atoms with van der Waals surface area (Å²) in [5, 5.41) is 8.80. The van der Waals surface area contributed by atoms with Crippen LogP contribution in [0.4, 0.5) is 5.69 Å². The SMILES string of the molecule is CCCCN(CC)c1ccc(C(=O)O)cc1. The van der Waals surface area contributed by atoms with Gasteiger partial charge >= 0.3 is 5.97 Å². The van der Waals surface area contributed by atoms with Crippen LogP contribution in [0.25, 0.3) is 0 Å². The van der Waals surface area contributed by atoms with Gasteiger partial charge in [-0.25, -0.2) is 4.79 Å². The van der Waals surface area contributed by atoms with Gasteiger partial charge in [-0.05, 0) is 37.6 Å². The van der Waals surface area contributed by atoms with E-state index in [1.54, 1.807) is 12.1 Å². The van der Waals surface area contributed by atoms with Gasteiger partial charge in [0.2, 0.25) is 0 Å². The van der Waals surface area contributed by atoms with Crippen LogP contribution in [-0.2, 0) is 0 Å². The van der Waals surface area contributed by atoms with E-state index in [0.717, 1.165) is 25.2 Å². The van der Waals surface area contributed by atoms with Gasteiger partial charge in [-0.1, -0.05) is 13.3 Å². The molecule has 3 nitrogen and oxygen atoms in total. The van der Waals surface area contributed by atoms with Gasteiger partial charge < -0.3 is 10.0 Å². The number of nitrogens with zero attached hydrogens (tertiary/aromatic N) is 1. The first-order chi connectivity index (χ1) is 7.69. The van der Waals surface area contributed by atoms with Crippen molar-refractivity contribution in [2.24, 2.45) is 0 Å². The second-order valence-electron chi connectivity index (χ2n) is 3.79. The monoisotopic (exact) mass is 221 g/mol. The Kier molecular flexibility index (Phi) is 4.83. The summed E-state index contributed by atoms with van der Waals surface area (Å²) in [5.74, 6) is -0.872. The molecule has 0 unspecified atom stereocenters. The third-order valence-corrected chi connectivity index (χ3v) is 2.64. The van der Waals surface area contributed by atoms with Gasteiger partial charge in [0.15, 0.2) is 0 Å². The van der Waals surface area contributed by atoms with Crippen molar-refractivity contribution in [3.05, 3.63) is 29.8 Å². The summed E-state index contributed by atoms with van der Waals surface area (Å²) in [4.78, 5) is 13.0. The summed E-state index contributed by atoms with van der Waals surface area (Å²) < 4.78 is 0. The molecule has 0 radical (unpaired) electrons. The van der Waals surface area contributed by atoms with Crippen molar-refractivity contribution in [2.75, 3.05) is 18.0 Å². The standard InChI is InChI=1S/C13H19NO2/c1-3-5-10-14(4-2)12-8-6-11(7-9-12)13(15)16/h6-9H,3-5,10H2,1-2H3,(H,15,16). The lowest BCUT2D eigenvalue weighted by Crippen LogP contribution is -2.23. The van der Waals surface area contributed by atoms with Gasteiger partial charge in [-0.15, -0.1) is 0 Å². The van der Waals surface area contributed by atoms with Crippen LogP contribution in [0.2, 0.25) is 0 Å². The highest BCUT2D eigenvalue weighted by molar-refractivity contribution is 5.88. The molecule has 0 spiro atoms. The van der Waals surface area contributed by atoms with Crippen LogP contribution in [0.1, 0.15) is 37.0 Å². The Balaban J connectivity index is 2.74. The van der Waals surface area contributed by atoms with Crippen LogP contribution in [0.3, 0.4) is 0 Å². The molecular formula is C13H19NO2. The van der Waals surface area contributed by atoms with Crippen molar-refractivity contribution in [3.8, 4) is 0 Å². The summed E-state index contributed by atoms with van der Waals surface area (Å²) >= 11 is 0. The average molecular weight is 221 g/mol. The van der Waals surface area contributed by atoms with Gasteiger partial charge in [-0.2, -0.15) is 0 Å². The molecule has 1 aromatic carbocycles. The molecule has 1 rings (SSSR count). The minimum atomic E-state index is -0.872. The maximum Gasteiger partial charge on any atom is 0.335 e. The molecule has 0 amide bonds. The summed E-state index contributed by atoms with van der Waals surface area (Å²) in [5.41, 5.74) is 1.44. The average Bonchev–Trinajstić information content (AvgIpc) is 2.30. The van der Waals surface area contributed by atoms with Crippen LogP contribution in [0, 0.1) is 0 Å². The second kappa shape index (κ2) is 6.16. The van der Waals surface area contributed by atoms with E-state index in [0.29, 0.717) is 5.56 Å². The number of carbonyl (C=O) groups is 1. The van der Waals surface area contributed by atoms with Gasteiger partial charge in [0, 0.05) is 18.8 Å². The summed E-state index contributed by atoms with van der Waals surface area (Å²) in [6, 6.07) is 7.07. The number of hydrogen-bond donors (Lipinski definition) is 1. The fraction of sp³-hybridized carbons (Fsp3) is 0.462. The number of benzene rings is 1. The Labute approximate surface area is 96.7 Å². The minimum Gasteiger partial charge on any atom is -0.478 e. The molecule has 0 saturated carbocycles. The predicted octanol–water partition coefficient (Wildman–Crippen LogP) is 3.01. The Morgan fingerprint density at radius 1 is 1.25 bits per heavy atom. The Morgan fingerprint density at radius 3 is 2.31 bits per heavy atom. The molecule has 3 heteroatoms. The second-order valence-corrected chi connectivity index (χ2v) is 3.79. The topological polar surface area (TPSA) is 40.5 Å². The van der Waals surface area contributed by atoms with E-state index in [1.165, 1.54) is 6.42 Å². The van der Waals surface area contributed by atoms with Gasteiger partial charge in [0.05, 0.1) is 5.56 Å². The largest absolute Gasteiger partial charge is 0.478 e. The highest BCUT2D eigenvalue weighted by Gasteiger charge is 2.05. The van der Waals surface area contributed by atoms with E-state index in [1.807, 2.05) is 12.1 Å². The normalized spacial score (nSPS) is 10.1. The van der Waals surface area contributed by atoms with Gasteiger partial charge in [0.25, 0.3) is 0 Å². The summed E-state index contributed by atoms with van der Waals surface area (Å²) in [7, 11) is 0. The third kappa shape index (κ3) is 3.26. The van der Waals surface area contributed by atoms with E-state index in [-0.39, 0.29) is 0 Å². The number of aromatic carboxylic acids is 1. The molecular weight excluding hydrogens is 202 g/mol. The number of rotatable bonds is 6. The molecule has 0 saturated heterocycles. The van der Waals surface area contributed by atoms with Crippen LogP contribution >= 0.6 is 0 Å². The van der Waals surface area contributed by atoms with Crippen molar-refractivity contribution in [1.82, 2.24) is 0 Å². The van der Waals surface area contributed by atoms with Gasteiger partial charge in [0.1, 0.15) is 0 Å². The fourth-order valence-corrected chi connectivity index (χ4v) is 1.63. The fourth-order valence-electron chi connectivity index (χ4n) is 1.63. The number of carboxylic acid groups (broad SMARTS) is 1. The first kappa shape index (κ1) is 12.6. The summed E-state index contributed by atoms with van der Waals surface area (Å²) in [6.45, 7) is 6.26. The van der Waals surface area contributed by atoms with Crippen molar-refractivity contribution in [3.63, 3.8) is 0 Å². The zero-order valence-corrected chi connectivity index (χ0v) is 9.94. The maximum absolute atomic E-state index is 10.7. The lowest BCUT2D eigenvalue weighted by atomic mass is 10.2. The first-order valence-corrected chi connectivity index (χ1v) is 5.77. The van der Waals surface area contributed by atoms with Crippen molar-refractivity contribution in [1.29, 1.82) is 0 Å². The van der Waals surface area contributed by atoms with Crippen molar-refractivity contribution < 1.29 is 9.90 Å². The van der Waals surface area contributed by atoms with E-state index in [4.69, 9.17) is 5.11 Å². The van der Waals surface area contributed by atoms with E-state index in [2.05, 4.69) is 18.7 Å². The lowest BCUT2D eigenvalue weighted by Gasteiger charge is -2.22. The highest BCUT2D eigenvalue weighted by Crippen LogP contribution is 2.15. The molecule has 16 heavy (non-hydrogen) atoms. The van der Waals surface area contributed by atoms with Crippen LogP contribution in [0.5, 0.6) is 0 Å². The van der Waals surface area contributed by atoms with Crippen molar-refractivity contribution >= 4 is 11.7 Å². The molecule has 1 N–H and O–H groups in total. The van der Waals surface area contributed by atoms with E-state index < -0.39 is 5.97 Å². The summed E-state index contributed by atoms with van der Waals surface area (Å²) in [6.07, 6.45) is 2.33. The number of hydrogen-bond acceptors (Lipinski definition) is 2. The molecule has 0 bridgehead atoms. The molecule has 0 aliphatic rings. The number of carboxylic acids is 1. The number of unbranched alkanes of at least 4 members (excludes halogenated alkanes) is 1. The van der Waals surface area contributed by atoms with Crippen LogP contribution in [-0.4, -0.2) is 24.2 Å². The van der Waals surface area contributed by atoms with Crippen LogP contribution < -0.4 is 4.90 Å². The Bertz CT molecular complexity index is 332. The molecule has 1 aromatic rings. The highest BCUT2D eigenvalue weighted by atomic mass is 16.4. The maximum atomic E-state index is 10.7. The minimum absolute atomic E-state index is 0.343. The Hall–Kier alpha value is -1.51. The first-order valence-electron chi connectivity index (χ1n) is 5.77. The molecule has 0 aliphatic carbocycles. The molecule has 0 aromatic heterocycles. The van der Waals surface area contributed by atoms with Crippen molar-refractivity contribution in [2.45, 2.75) is 26.7 Å². The quantitative estimate of drug-likeness (QED) is 0.802. The lowest BCUT2D eigenvalue weighted by molar-refractivity contribution is 0.0697. The van der Waals surface area contributed by atoms with Gasteiger partial charge in [-0.3, -0.25) is 0 Å². The molecule has 88 valence electrons. The third-order valence-electron chi connectivity index (χ3n) is 2.64. The molecule has 0 aliphatic heterocycles. The predicted molar refractivity (Wildman–Crippen MR) is 66.2 cm³/mol. The van der Waals surface area contributed by atoms with Crippen LogP contribution in [0.15, 0.2) is 24.3 Å². The molecule has 0 heterocycles. The zero-order valence-electron chi connectivity index (χ0n) is 9.94. The molecule has 0 atom stereocenters. The molecule has 0 fully saturated rings. The number of anilines is 1. The van der Waals surface area contributed by atoms with E-state index in [9.17, 15) is 4.79 Å². The van der Waals surface area contributed by atoms with E-state index >= 15 is 0 Å². The smallest absolute Gasteiger partial charge is 0.335 e. The Morgan fingerprint density at radius 2 is 1.88 bits per heavy atom.